The number of amides is 1. The molecule has 2 N–H and O–H groups in total. The van der Waals surface area contributed by atoms with Crippen LogP contribution < -0.4 is 15.5 Å². The summed E-state index contributed by atoms with van der Waals surface area (Å²) in [5.74, 6) is 1.55. The molecule has 3 rings (SSSR count). The minimum absolute atomic E-state index is 0.000160. The van der Waals surface area contributed by atoms with Crippen LogP contribution in [-0.4, -0.2) is 42.1 Å². The van der Waals surface area contributed by atoms with Gasteiger partial charge in [0.2, 0.25) is 5.95 Å². The van der Waals surface area contributed by atoms with E-state index >= 15 is 0 Å². The van der Waals surface area contributed by atoms with Crippen LogP contribution in [0.2, 0.25) is 0 Å². The van der Waals surface area contributed by atoms with Crippen LogP contribution in [0.15, 0.2) is 26.6 Å². The molecule has 1 amide bonds. The lowest BCUT2D eigenvalue weighted by atomic mass is 9.91. The van der Waals surface area contributed by atoms with Crippen LogP contribution in [0.5, 0.6) is 0 Å². The third-order valence-electron chi connectivity index (χ3n) is 4.36. The monoisotopic (exact) mass is 501 g/mol. The summed E-state index contributed by atoms with van der Waals surface area (Å²) in [6.07, 6.45) is 5.64. The standard InChI is InChI=1S/C17H21Br2N5OS/c1-24(2)14-7-8-20-17(23-14)22-11-5-3-10(4-6-11)21-16(25)13-9-12(18)15(19)26-13/h7-11H,3-6H2,1-2H3,(H,21,25)(H,20,22,23)/t10-,11+. The molecule has 0 spiro atoms. The van der Waals surface area contributed by atoms with Crippen molar-refractivity contribution in [1.82, 2.24) is 15.3 Å². The number of nitrogens with one attached hydrogen (secondary N) is 2. The maximum atomic E-state index is 12.4. The molecule has 1 saturated carbocycles. The van der Waals surface area contributed by atoms with Crippen LogP contribution >= 0.6 is 43.2 Å². The van der Waals surface area contributed by atoms with E-state index in [-0.39, 0.29) is 11.9 Å². The second-order valence-corrected chi connectivity index (χ2v) is 9.76. The lowest BCUT2D eigenvalue weighted by Crippen LogP contribution is -2.40. The topological polar surface area (TPSA) is 70.2 Å². The molecule has 0 saturated heterocycles. The van der Waals surface area contributed by atoms with Crippen molar-refractivity contribution in [3.05, 3.63) is 31.5 Å². The first-order chi connectivity index (χ1) is 12.4. The van der Waals surface area contributed by atoms with Gasteiger partial charge in [-0.25, -0.2) is 4.98 Å². The zero-order valence-electron chi connectivity index (χ0n) is 14.6. The molecule has 0 aliphatic heterocycles. The smallest absolute Gasteiger partial charge is 0.261 e. The first-order valence-electron chi connectivity index (χ1n) is 8.45. The molecule has 0 unspecified atom stereocenters. The number of hydrogen-bond donors (Lipinski definition) is 2. The van der Waals surface area contributed by atoms with Crippen LogP contribution in [0.25, 0.3) is 0 Å². The molecule has 1 fully saturated rings. The van der Waals surface area contributed by atoms with Crippen molar-refractivity contribution in [1.29, 1.82) is 0 Å². The van der Waals surface area contributed by atoms with Crippen molar-refractivity contribution < 1.29 is 4.79 Å². The number of thiophene rings is 1. The fourth-order valence-corrected chi connectivity index (χ4v) is 4.89. The Bertz CT molecular complexity index is 755. The van der Waals surface area contributed by atoms with Gasteiger partial charge >= 0.3 is 0 Å². The van der Waals surface area contributed by atoms with Gasteiger partial charge in [0.05, 0.1) is 8.66 Å². The molecule has 2 heterocycles. The molecule has 9 heteroatoms. The fourth-order valence-electron chi connectivity index (χ4n) is 2.95. The summed E-state index contributed by atoms with van der Waals surface area (Å²) in [7, 11) is 3.93. The van der Waals surface area contributed by atoms with Gasteiger partial charge in [0, 0.05) is 36.8 Å². The minimum atomic E-state index is -0.000160. The number of halogens is 2. The summed E-state index contributed by atoms with van der Waals surface area (Å²) in [6.45, 7) is 0. The van der Waals surface area contributed by atoms with E-state index in [1.807, 2.05) is 31.1 Å². The van der Waals surface area contributed by atoms with Gasteiger partial charge < -0.3 is 15.5 Å². The molecule has 1 aliphatic rings. The summed E-state index contributed by atoms with van der Waals surface area (Å²) >= 11 is 8.30. The van der Waals surface area contributed by atoms with Crippen molar-refractivity contribution in [2.75, 3.05) is 24.3 Å². The first-order valence-corrected chi connectivity index (χ1v) is 10.8. The molecule has 140 valence electrons. The Morgan fingerprint density at radius 1 is 1.23 bits per heavy atom. The van der Waals surface area contributed by atoms with E-state index in [1.54, 1.807) is 6.20 Å². The van der Waals surface area contributed by atoms with E-state index < -0.39 is 0 Å². The quantitative estimate of drug-likeness (QED) is 0.638. The fraction of sp³-hybridized carbons (Fsp3) is 0.471. The highest BCUT2D eigenvalue weighted by Crippen LogP contribution is 2.32. The lowest BCUT2D eigenvalue weighted by Gasteiger charge is -2.29. The summed E-state index contributed by atoms with van der Waals surface area (Å²) in [4.78, 5) is 23.9. The first kappa shape index (κ1) is 19.6. The van der Waals surface area contributed by atoms with E-state index in [0.717, 1.165) is 44.6 Å². The van der Waals surface area contributed by atoms with E-state index in [2.05, 4.69) is 52.5 Å². The maximum Gasteiger partial charge on any atom is 0.261 e. The minimum Gasteiger partial charge on any atom is -0.363 e. The number of hydrogen-bond acceptors (Lipinski definition) is 6. The summed E-state index contributed by atoms with van der Waals surface area (Å²) in [5, 5.41) is 6.57. The lowest BCUT2D eigenvalue weighted by molar-refractivity contribution is 0.0930. The Kier molecular flexibility index (Phi) is 6.52. The zero-order chi connectivity index (χ0) is 18.7. The predicted octanol–water partition coefficient (Wildman–Crippen LogP) is 4.28. The highest BCUT2D eigenvalue weighted by atomic mass is 79.9. The Labute approximate surface area is 174 Å². The van der Waals surface area contributed by atoms with Gasteiger partial charge in [0.1, 0.15) is 5.82 Å². The van der Waals surface area contributed by atoms with Crippen LogP contribution in [-0.2, 0) is 0 Å². The molecular formula is C17H21Br2N5OS. The normalized spacial score (nSPS) is 19.8. The van der Waals surface area contributed by atoms with Crippen LogP contribution in [0.3, 0.4) is 0 Å². The SMILES string of the molecule is CN(C)c1ccnc(N[C@H]2CC[C@@H](NC(=O)c3cc(Br)c(Br)s3)CC2)n1. The van der Waals surface area contributed by atoms with E-state index in [4.69, 9.17) is 0 Å². The molecule has 6 nitrogen and oxygen atoms in total. The van der Waals surface area contributed by atoms with Crippen LogP contribution in [0.1, 0.15) is 35.4 Å². The molecule has 0 radical (unpaired) electrons. The molecule has 2 aromatic rings. The Hall–Kier alpha value is -1.19. The Balaban J connectivity index is 1.49. The summed E-state index contributed by atoms with van der Waals surface area (Å²) in [6, 6.07) is 4.30. The second kappa shape index (κ2) is 8.67. The molecule has 0 aromatic carbocycles. The van der Waals surface area contributed by atoms with Gasteiger partial charge in [0.25, 0.3) is 5.91 Å². The van der Waals surface area contributed by atoms with Crippen LogP contribution in [0, 0.1) is 0 Å². The van der Waals surface area contributed by atoms with Crippen molar-refractivity contribution in [3.63, 3.8) is 0 Å². The summed E-state index contributed by atoms with van der Waals surface area (Å²) < 4.78 is 1.86. The number of anilines is 2. The number of carbonyl (C=O) groups excluding carboxylic acids is 1. The second-order valence-electron chi connectivity index (χ2n) is 6.53. The number of nitrogens with zero attached hydrogens (tertiary/aromatic N) is 3. The van der Waals surface area contributed by atoms with Crippen molar-refractivity contribution >= 4 is 60.9 Å². The molecule has 0 atom stereocenters. The average molecular weight is 503 g/mol. The van der Waals surface area contributed by atoms with E-state index in [1.165, 1.54) is 11.3 Å². The van der Waals surface area contributed by atoms with Gasteiger partial charge in [-0.15, -0.1) is 11.3 Å². The number of aromatic nitrogens is 2. The van der Waals surface area contributed by atoms with Crippen molar-refractivity contribution in [3.8, 4) is 0 Å². The van der Waals surface area contributed by atoms with E-state index in [0.29, 0.717) is 12.0 Å². The molecule has 0 bridgehead atoms. The zero-order valence-corrected chi connectivity index (χ0v) is 18.6. The summed E-state index contributed by atoms with van der Waals surface area (Å²) in [5.41, 5.74) is 0. The average Bonchev–Trinajstić information content (AvgIpc) is 2.96. The van der Waals surface area contributed by atoms with Crippen molar-refractivity contribution in [2.24, 2.45) is 0 Å². The van der Waals surface area contributed by atoms with Gasteiger partial charge in [-0.3, -0.25) is 4.79 Å². The number of rotatable bonds is 5. The van der Waals surface area contributed by atoms with Crippen molar-refractivity contribution in [2.45, 2.75) is 37.8 Å². The molecule has 26 heavy (non-hydrogen) atoms. The third kappa shape index (κ3) is 4.95. The van der Waals surface area contributed by atoms with Gasteiger partial charge in [0.15, 0.2) is 0 Å². The molecule has 1 aliphatic carbocycles. The maximum absolute atomic E-state index is 12.4. The van der Waals surface area contributed by atoms with Crippen LogP contribution in [0.4, 0.5) is 11.8 Å². The third-order valence-corrected chi connectivity index (χ3v) is 7.62. The van der Waals surface area contributed by atoms with Gasteiger partial charge in [-0.05, 0) is 69.7 Å². The highest BCUT2D eigenvalue weighted by molar-refractivity contribution is 9.13. The van der Waals surface area contributed by atoms with E-state index in [9.17, 15) is 4.79 Å². The van der Waals surface area contributed by atoms with Gasteiger partial charge in [-0.1, -0.05) is 0 Å². The Morgan fingerprint density at radius 3 is 2.54 bits per heavy atom. The molecule has 2 aromatic heterocycles. The highest BCUT2D eigenvalue weighted by Gasteiger charge is 2.24. The number of carbonyl (C=O) groups is 1. The largest absolute Gasteiger partial charge is 0.363 e. The van der Waals surface area contributed by atoms with Gasteiger partial charge in [-0.2, -0.15) is 4.98 Å². The molecular weight excluding hydrogens is 482 g/mol. The Morgan fingerprint density at radius 2 is 1.92 bits per heavy atom. The predicted molar refractivity (Wildman–Crippen MR) is 113 cm³/mol.